The number of benzene rings is 2. The van der Waals surface area contributed by atoms with Crippen LogP contribution in [0.4, 0.5) is 0 Å². The summed E-state index contributed by atoms with van der Waals surface area (Å²) in [6.07, 6.45) is 3.88. The largest absolute Gasteiger partial charge is 0.342 e. The number of carbonyl (C=O) groups excluding carboxylic acids is 2. The van der Waals surface area contributed by atoms with Gasteiger partial charge in [-0.3, -0.25) is 9.59 Å². The summed E-state index contributed by atoms with van der Waals surface area (Å²) < 4.78 is 0. The molecule has 1 amide bonds. The monoisotopic (exact) mass is 367 g/mol. The molecule has 0 bridgehead atoms. The lowest BCUT2D eigenvalue weighted by molar-refractivity contribution is -0.120. The molecule has 0 unspecified atom stereocenters. The molecular formula is C22H25NO2S. The third-order valence-corrected chi connectivity index (χ3v) is 5.09. The lowest BCUT2D eigenvalue weighted by Crippen LogP contribution is -2.36. The summed E-state index contributed by atoms with van der Waals surface area (Å²) in [4.78, 5) is 23.8. The van der Waals surface area contributed by atoms with Gasteiger partial charge in [0.05, 0.1) is 6.04 Å². The summed E-state index contributed by atoms with van der Waals surface area (Å²) in [5, 5.41) is 2.81. The second kappa shape index (κ2) is 9.97. The van der Waals surface area contributed by atoms with Gasteiger partial charge in [0.15, 0.2) is 0 Å². The smallest absolute Gasteiger partial charge is 0.244 e. The normalized spacial score (nSPS) is 13.3. The SMILES string of the molecule is C/C=C/C(=O)N[C@H](C)C(=O)S[C@@H](C)Cc1ccc(-c2ccccc2)cc1. The summed E-state index contributed by atoms with van der Waals surface area (Å²) in [7, 11) is 0. The molecule has 4 heteroatoms. The molecule has 2 aromatic rings. The van der Waals surface area contributed by atoms with Crippen molar-refractivity contribution in [1.29, 1.82) is 0 Å². The zero-order valence-corrected chi connectivity index (χ0v) is 16.3. The molecule has 0 aromatic heterocycles. The van der Waals surface area contributed by atoms with Crippen molar-refractivity contribution in [1.82, 2.24) is 5.32 Å². The second-order valence-electron chi connectivity index (χ2n) is 6.24. The van der Waals surface area contributed by atoms with E-state index < -0.39 is 6.04 Å². The summed E-state index contributed by atoms with van der Waals surface area (Å²) >= 11 is 1.29. The number of thioether (sulfide) groups is 1. The first-order valence-electron chi connectivity index (χ1n) is 8.77. The number of hydrogen-bond acceptors (Lipinski definition) is 3. The average molecular weight is 368 g/mol. The van der Waals surface area contributed by atoms with Crippen LogP contribution in [0.3, 0.4) is 0 Å². The molecule has 0 saturated carbocycles. The van der Waals surface area contributed by atoms with E-state index in [1.54, 1.807) is 19.9 Å². The maximum Gasteiger partial charge on any atom is 0.244 e. The molecule has 2 atom stereocenters. The van der Waals surface area contributed by atoms with E-state index in [1.165, 1.54) is 34.5 Å². The number of allylic oxidation sites excluding steroid dienone is 1. The van der Waals surface area contributed by atoms with E-state index in [0.717, 1.165) is 6.42 Å². The van der Waals surface area contributed by atoms with Crippen molar-refractivity contribution >= 4 is 22.8 Å². The molecule has 0 heterocycles. The molecular weight excluding hydrogens is 342 g/mol. The third-order valence-electron chi connectivity index (χ3n) is 3.93. The van der Waals surface area contributed by atoms with Gasteiger partial charge in [-0.1, -0.05) is 79.4 Å². The summed E-state index contributed by atoms with van der Waals surface area (Å²) in [6.45, 7) is 5.53. The molecule has 1 N–H and O–H groups in total. The molecule has 2 rings (SSSR count). The van der Waals surface area contributed by atoms with Crippen LogP contribution in [0, 0.1) is 0 Å². The molecule has 26 heavy (non-hydrogen) atoms. The first kappa shape index (κ1) is 20.0. The minimum Gasteiger partial charge on any atom is -0.342 e. The van der Waals surface area contributed by atoms with Crippen molar-refractivity contribution in [2.45, 2.75) is 38.5 Å². The Morgan fingerprint density at radius 2 is 1.62 bits per heavy atom. The number of amides is 1. The van der Waals surface area contributed by atoms with Crippen LogP contribution < -0.4 is 5.32 Å². The second-order valence-corrected chi connectivity index (χ2v) is 7.69. The molecule has 0 spiro atoms. The molecule has 0 radical (unpaired) electrons. The number of nitrogens with one attached hydrogen (secondary N) is 1. The van der Waals surface area contributed by atoms with Crippen molar-refractivity contribution in [3.63, 3.8) is 0 Å². The van der Waals surface area contributed by atoms with Gasteiger partial charge in [-0.25, -0.2) is 0 Å². The fourth-order valence-electron chi connectivity index (χ4n) is 2.61. The summed E-state index contributed by atoms with van der Waals surface area (Å²) in [5.41, 5.74) is 3.58. The van der Waals surface area contributed by atoms with Gasteiger partial charge in [0.1, 0.15) is 0 Å². The summed E-state index contributed by atoms with van der Waals surface area (Å²) in [5.74, 6) is -0.238. The Kier molecular flexibility index (Phi) is 7.67. The van der Waals surface area contributed by atoms with Crippen LogP contribution >= 0.6 is 11.8 Å². The summed E-state index contributed by atoms with van der Waals surface area (Å²) in [6, 6.07) is 18.2. The topological polar surface area (TPSA) is 46.2 Å². The van der Waals surface area contributed by atoms with Crippen molar-refractivity contribution in [2.75, 3.05) is 0 Å². The van der Waals surface area contributed by atoms with E-state index in [1.807, 2.05) is 25.1 Å². The highest BCUT2D eigenvalue weighted by Gasteiger charge is 2.18. The van der Waals surface area contributed by atoms with Crippen LogP contribution in [0.1, 0.15) is 26.3 Å². The molecule has 136 valence electrons. The van der Waals surface area contributed by atoms with Crippen molar-refractivity contribution in [3.05, 3.63) is 72.3 Å². The van der Waals surface area contributed by atoms with E-state index in [2.05, 4.69) is 41.7 Å². The zero-order chi connectivity index (χ0) is 18.9. The van der Waals surface area contributed by atoms with E-state index in [4.69, 9.17) is 0 Å². The van der Waals surface area contributed by atoms with E-state index in [0.29, 0.717) is 0 Å². The maximum absolute atomic E-state index is 12.2. The van der Waals surface area contributed by atoms with Crippen LogP contribution in [0.5, 0.6) is 0 Å². The molecule has 0 aliphatic rings. The number of hydrogen-bond donors (Lipinski definition) is 1. The van der Waals surface area contributed by atoms with Crippen molar-refractivity contribution < 1.29 is 9.59 Å². The predicted molar refractivity (Wildman–Crippen MR) is 110 cm³/mol. The van der Waals surface area contributed by atoms with Gasteiger partial charge in [-0.2, -0.15) is 0 Å². The Morgan fingerprint density at radius 3 is 2.23 bits per heavy atom. The zero-order valence-electron chi connectivity index (χ0n) is 15.4. The van der Waals surface area contributed by atoms with Gasteiger partial charge < -0.3 is 5.32 Å². The molecule has 0 saturated heterocycles. The van der Waals surface area contributed by atoms with Crippen LogP contribution in [-0.4, -0.2) is 22.3 Å². The van der Waals surface area contributed by atoms with Gasteiger partial charge in [0.25, 0.3) is 0 Å². The van der Waals surface area contributed by atoms with E-state index in [9.17, 15) is 9.59 Å². The van der Waals surface area contributed by atoms with Crippen LogP contribution in [0.2, 0.25) is 0 Å². The quantitative estimate of drug-likeness (QED) is 0.726. The van der Waals surface area contributed by atoms with E-state index >= 15 is 0 Å². The predicted octanol–water partition coefficient (Wildman–Crippen LogP) is 4.63. The van der Waals surface area contributed by atoms with Crippen LogP contribution in [0.15, 0.2) is 66.7 Å². The fraction of sp³-hybridized carbons (Fsp3) is 0.273. The standard InChI is InChI=1S/C22H25NO2S/c1-4-8-21(24)23-17(3)22(25)26-16(2)15-18-11-13-20(14-12-18)19-9-6-5-7-10-19/h4-14,16-17H,15H2,1-3H3,(H,23,24)/b8-4+/t16-,17+/m0/s1. The van der Waals surface area contributed by atoms with E-state index in [-0.39, 0.29) is 16.3 Å². The Morgan fingerprint density at radius 1 is 1.00 bits per heavy atom. The van der Waals surface area contributed by atoms with Crippen LogP contribution in [-0.2, 0) is 16.0 Å². The third kappa shape index (κ3) is 6.19. The lowest BCUT2D eigenvalue weighted by atomic mass is 10.0. The maximum atomic E-state index is 12.2. The Labute approximate surface area is 159 Å². The molecule has 0 aliphatic carbocycles. The van der Waals surface area contributed by atoms with Gasteiger partial charge in [-0.05, 0) is 43.0 Å². The van der Waals surface area contributed by atoms with Crippen LogP contribution in [0.25, 0.3) is 11.1 Å². The molecule has 0 aliphatic heterocycles. The molecule has 3 nitrogen and oxygen atoms in total. The van der Waals surface area contributed by atoms with Gasteiger partial charge >= 0.3 is 0 Å². The first-order chi connectivity index (χ1) is 12.5. The molecule has 0 fully saturated rings. The first-order valence-corrected chi connectivity index (χ1v) is 9.65. The fourth-order valence-corrected chi connectivity index (χ4v) is 3.55. The van der Waals surface area contributed by atoms with Gasteiger partial charge in [0.2, 0.25) is 11.0 Å². The molecule has 2 aromatic carbocycles. The van der Waals surface area contributed by atoms with Gasteiger partial charge in [-0.15, -0.1) is 0 Å². The average Bonchev–Trinajstić information content (AvgIpc) is 2.63. The Balaban J connectivity index is 1.88. The van der Waals surface area contributed by atoms with Crippen molar-refractivity contribution in [2.24, 2.45) is 0 Å². The number of rotatable bonds is 7. The van der Waals surface area contributed by atoms with Gasteiger partial charge in [0, 0.05) is 5.25 Å². The minimum absolute atomic E-state index is 0.0174. The highest BCUT2D eigenvalue weighted by Crippen LogP contribution is 2.22. The highest BCUT2D eigenvalue weighted by atomic mass is 32.2. The highest BCUT2D eigenvalue weighted by molar-refractivity contribution is 8.14. The Bertz CT molecular complexity index is 753. The number of carbonyl (C=O) groups is 2. The lowest BCUT2D eigenvalue weighted by Gasteiger charge is -2.15. The minimum atomic E-state index is -0.494. The van der Waals surface area contributed by atoms with Crippen molar-refractivity contribution in [3.8, 4) is 11.1 Å². The Hall–Kier alpha value is -2.33.